The van der Waals surface area contributed by atoms with Crippen molar-refractivity contribution in [2.45, 2.75) is 58.8 Å². The Labute approximate surface area is 409 Å². The Morgan fingerprint density at radius 2 is 1.27 bits per heavy atom. The number of carbonyl (C=O) groups is 5. The van der Waals surface area contributed by atoms with Crippen LogP contribution in [0.2, 0.25) is 0 Å². The Bertz CT molecular complexity index is 2710. The van der Waals surface area contributed by atoms with Crippen LogP contribution >= 0.6 is 11.6 Å². The van der Waals surface area contributed by atoms with Gasteiger partial charge in [0.25, 0.3) is 0 Å². The highest BCUT2D eigenvalue weighted by Crippen LogP contribution is 2.26. The van der Waals surface area contributed by atoms with Gasteiger partial charge >= 0.3 is 17.4 Å². The summed E-state index contributed by atoms with van der Waals surface area (Å²) in [6.07, 6.45) is 10.3. The largest absolute Gasteiger partial charge is 0.477 e. The topological polar surface area (TPSA) is 199 Å². The number of benzene rings is 2. The molecule has 2 aliphatic heterocycles. The normalized spacial score (nSPS) is 13.2. The molecule has 374 valence electrons. The number of methoxy groups -OCH3 is 1. The fourth-order valence-electron chi connectivity index (χ4n) is 7.74. The van der Waals surface area contributed by atoms with Gasteiger partial charge in [-0.1, -0.05) is 24.3 Å². The van der Waals surface area contributed by atoms with Gasteiger partial charge < -0.3 is 48.3 Å². The highest BCUT2D eigenvalue weighted by Gasteiger charge is 2.21. The van der Waals surface area contributed by atoms with Crippen molar-refractivity contribution in [2.75, 3.05) is 67.2 Å². The second-order valence-corrected chi connectivity index (χ2v) is 16.7. The average molecular weight is 991 g/mol. The lowest BCUT2D eigenvalue weighted by Crippen LogP contribution is -2.28. The van der Waals surface area contributed by atoms with E-state index in [2.05, 4.69) is 30.4 Å². The lowest BCUT2D eigenvalue weighted by Gasteiger charge is -2.15. The molecular formula is C50H58ClF2N7O10. The number of hydrogen-bond donors (Lipinski definition) is 2. The van der Waals surface area contributed by atoms with Gasteiger partial charge in [-0.25, -0.2) is 33.1 Å². The van der Waals surface area contributed by atoms with E-state index in [1.807, 2.05) is 24.9 Å². The van der Waals surface area contributed by atoms with Crippen molar-refractivity contribution >= 4 is 62.6 Å². The van der Waals surface area contributed by atoms with Crippen molar-refractivity contribution in [1.82, 2.24) is 33.8 Å². The lowest BCUT2D eigenvalue weighted by atomic mass is 10.2. The Kier molecular flexibility index (Phi) is 20.7. The third kappa shape index (κ3) is 15.9. The van der Waals surface area contributed by atoms with Crippen LogP contribution in [0, 0.1) is 11.6 Å². The first-order chi connectivity index (χ1) is 33.6. The van der Waals surface area contributed by atoms with E-state index in [1.54, 1.807) is 59.3 Å². The smallest absolute Gasteiger partial charge is 0.403 e. The lowest BCUT2D eigenvalue weighted by molar-refractivity contribution is -0.129. The number of pyridine rings is 2. The number of rotatable bonds is 16. The SMILES string of the molecule is CCOC(=O)Cl.COC(=O)c1cc2c(CN(C)C)cn(Cc3ccc(F)cc3)c2cn1.O=C(O)c1cc2c(COCCN3CCCC3=O)cn(Cc3ccc(F)cc3)c2cn1.O=C1CCCN1CCO. The number of ether oxygens (including phenoxy) is 3. The predicted octanol–water partition coefficient (Wildman–Crippen LogP) is 7.12. The zero-order valence-corrected chi connectivity index (χ0v) is 40.4. The van der Waals surface area contributed by atoms with Gasteiger partial charge in [-0.15, -0.1) is 0 Å². The number of aliphatic hydroxyl groups is 1. The zero-order chi connectivity index (χ0) is 50.7. The Balaban J connectivity index is 0.000000204. The molecule has 8 rings (SSSR count). The number of carboxylic acid groups (broad SMARTS) is 1. The summed E-state index contributed by atoms with van der Waals surface area (Å²) in [4.78, 5) is 69.0. The third-order valence-electron chi connectivity index (χ3n) is 11.1. The second-order valence-electron chi connectivity index (χ2n) is 16.4. The van der Waals surface area contributed by atoms with E-state index in [-0.39, 0.29) is 48.1 Å². The first-order valence-electron chi connectivity index (χ1n) is 22.6. The molecule has 2 saturated heterocycles. The molecule has 2 amide bonds. The summed E-state index contributed by atoms with van der Waals surface area (Å²) in [5, 5.41) is 19.5. The van der Waals surface area contributed by atoms with Crippen LogP contribution in [-0.2, 0) is 50.0 Å². The fourth-order valence-corrected chi connectivity index (χ4v) is 7.85. The Morgan fingerprint density at radius 3 is 1.71 bits per heavy atom. The zero-order valence-electron chi connectivity index (χ0n) is 39.6. The van der Waals surface area contributed by atoms with Gasteiger partial charge in [0.15, 0.2) is 0 Å². The van der Waals surface area contributed by atoms with E-state index < -0.39 is 17.4 Å². The number of hydrogen-bond acceptors (Lipinski definition) is 12. The average Bonchev–Trinajstić information content (AvgIpc) is 4.12. The number of aromatic nitrogens is 4. The molecule has 17 nitrogen and oxygen atoms in total. The summed E-state index contributed by atoms with van der Waals surface area (Å²) >= 11 is 4.72. The van der Waals surface area contributed by atoms with Crippen LogP contribution in [0.1, 0.15) is 75.8 Å². The molecule has 0 radical (unpaired) electrons. The van der Waals surface area contributed by atoms with Crippen LogP contribution in [0.4, 0.5) is 13.6 Å². The molecular weight excluding hydrogens is 932 g/mol. The van der Waals surface area contributed by atoms with Crippen molar-refractivity contribution in [3.05, 3.63) is 131 Å². The minimum Gasteiger partial charge on any atom is -0.477 e. The van der Waals surface area contributed by atoms with Gasteiger partial charge in [-0.3, -0.25) is 9.59 Å². The predicted molar refractivity (Wildman–Crippen MR) is 257 cm³/mol. The number of esters is 1. The molecule has 2 fully saturated rings. The quantitative estimate of drug-likeness (QED) is 0.0565. The summed E-state index contributed by atoms with van der Waals surface area (Å²) in [6.45, 7) is 7.33. The van der Waals surface area contributed by atoms with Gasteiger partial charge in [0.2, 0.25) is 11.8 Å². The van der Waals surface area contributed by atoms with Crippen LogP contribution in [0.3, 0.4) is 0 Å². The van der Waals surface area contributed by atoms with E-state index in [4.69, 9.17) is 26.2 Å². The summed E-state index contributed by atoms with van der Waals surface area (Å²) in [7, 11) is 5.33. The number of nitrogens with zero attached hydrogens (tertiary/aromatic N) is 7. The molecule has 0 unspecified atom stereocenters. The number of carbonyl (C=O) groups excluding carboxylic acids is 4. The fraction of sp³-hybridized carbons (Fsp3) is 0.380. The number of aromatic carboxylic acids is 1. The summed E-state index contributed by atoms with van der Waals surface area (Å²) in [5.74, 6) is -1.75. The molecule has 20 heteroatoms. The number of amides is 2. The minimum absolute atomic E-state index is 0.0362. The molecule has 2 aliphatic rings. The van der Waals surface area contributed by atoms with E-state index in [9.17, 15) is 37.9 Å². The molecule has 2 aromatic carbocycles. The van der Waals surface area contributed by atoms with Gasteiger partial charge in [-0.2, -0.15) is 0 Å². The van der Waals surface area contributed by atoms with Crippen LogP contribution in [0.25, 0.3) is 21.8 Å². The van der Waals surface area contributed by atoms with Crippen LogP contribution in [0.5, 0.6) is 0 Å². The minimum atomic E-state index is -1.09. The van der Waals surface area contributed by atoms with E-state index in [1.165, 1.54) is 37.6 Å². The highest BCUT2D eigenvalue weighted by atomic mass is 35.5. The summed E-state index contributed by atoms with van der Waals surface area (Å²) in [6, 6.07) is 16.0. The first kappa shape index (κ1) is 54.1. The van der Waals surface area contributed by atoms with Crippen molar-refractivity contribution in [1.29, 1.82) is 0 Å². The summed E-state index contributed by atoms with van der Waals surface area (Å²) in [5.41, 5.74) is 5.05. The van der Waals surface area contributed by atoms with Crippen LogP contribution in [0.15, 0.2) is 85.5 Å². The Hall–Kier alpha value is -6.80. The van der Waals surface area contributed by atoms with E-state index >= 15 is 0 Å². The number of aliphatic hydroxyl groups excluding tert-OH is 1. The van der Waals surface area contributed by atoms with Crippen molar-refractivity contribution in [3.63, 3.8) is 0 Å². The highest BCUT2D eigenvalue weighted by molar-refractivity contribution is 6.61. The molecule has 70 heavy (non-hydrogen) atoms. The van der Waals surface area contributed by atoms with Crippen molar-refractivity contribution in [2.24, 2.45) is 0 Å². The Morgan fingerprint density at radius 1 is 0.771 bits per heavy atom. The van der Waals surface area contributed by atoms with Crippen LogP contribution in [-0.4, -0.2) is 140 Å². The van der Waals surface area contributed by atoms with Crippen LogP contribution < -0.4 is 0 Å². The van der Waals surface area contributed by atoms with Gasteiger partial charge in [0, 0.05) is 99.0 Å². The monoisotopic (exact) mass is 989 g/mol. The first-order valence-corrected chi connectivity index (χ1v) is 23.0. The number of β-amino-alcohol motifs (C(OH)–C–C–N with tert-alkyl or cyclic N) is 1. The van der Waals surface area contributed by atoms with Gasteiger partial charge in [0.05, 0.1) is 57.0 Å². The standard InChI is InChI=1S/C22H22FN3O4.C19H20FN3O2.C6H11NO2.C3H5ClO2/c23-17-5-3-15(4-6-17)12-26-13-16(14-30-9-8-25-7-1-2-21(25)27)18-10-19(22(28)29)24-11-20(18)26;1-22(2)11-14-12-23(10-13-4-6-15(20)7-5-13)18-9-21-17(8-16(14)18)19(24)25-3;8-5-4-7-3-1-2-6(7)9;1-2-6-3(4)5/h3-6,10-11,13H,1-2,7-9,12,14H2,(H,28,29);4-9,12H,10-11H2,1-3H3;8H,1-5H2;2H2,1H3. The molecule has 0 aliphatic carbocycles. The molecule has 0 bridgehead atoms. The maximum absolute atomic E-state index is 13.2. The number of fused-ring (bicyclic) bond motifs is 2. The second kappa shape index (κ2) is 26.8. The van der Waals surface area contributed by atoms with Gasteiger partial charge in [0.1, 0.15) is 23.0 Å². The maximum atomic E-state index is 13.2. The number of carboxylic acids is 1. The number of halogens is 3. The van der Waals surface area contributed by atoms with Gasteiger partial charge in [-0.05, 0) is 86.9 Å². The van der Waals surface area contributed by atoms with E-state index in [0.29, 0.717) is 52.2 Å². The summed E-state index contributed by atoms with van der Waals surface area (Å²) < 4.78 is 45.1. The van der Waals surface area contributed by atoms with E-state index in [0.717, 1.165) is 76.5 Å². The number of likely N-dealkylation sites (tertiary alicyclic amines) is 2. The molecule has 0 atom stereocenters. The maximum Gasteiger partial charge on any atom is 0.403 e. The van der Waals surface area contributed by atoms with Crippen molar-refractivity contribution < 1.29 is 57.2 Å². The molecule has 0 saturated carbocycles. The third-order valence-corrected chi connectivity index (χ3v) is 11.2. The molecule has 4 aromatic heterocycles. The molecule has 6 aromatic rings. The molecule has 6 heterocycles. The molecule has 2 N–H and O–H groups in total. The van der Waals surface area contributed by atoms with Crippen molar-refractivity contribution in [3.8, 4) is 0 Å². The molecule has 0 spiro atoms.